The molecule has 1 N–H and O–H groups in total. The third-order valence-electron chi connectivity index (χ3n) is 3.87. The van der Waals surface area contributed by atoms with Crippen LogP contribution in [0, 0.1) is 17.3 Å². The minimum atomic E-state index is 0.161. The van der Waals surface area contributed by atoms with E-state index in [9.17, 15) is 4.79 Å². The lowest BCUT2D eigenvalue weighted by Crippen LogP contribution is -2.47. The lowest BCUT2D eigenvalue weighted by Gasteiger charge is -2.35. The summed E-state index contributed by atoms with van der Waals surface area (Å²) in [5.74, 6) is 1.30. The fourth-order valence-electron chi connectivity index (χ4n) is 2.18. The van der Waals surface area contributed by atoms with Gasteiger partial charge in [-0.3, -0.25) is 4.79 Å². The number of carbonyl (C=O) groups excluding carboxylic acids is 1. The maximum absolute atomic E-state index is 12.0. The summed E-state index contributed by atoms with van der Waals surface area (Å²) in [7, 11) is 0. The van der Waals surface area contributed by atoms with E-state index in [2.05, 4.69) is 39.9 Å². The lowest BCUT2D eigenvalue weighted by molar-refractivity contribution is -0.129. The molecular weight excluding hydrogens is 210 g/mol. The first-order chi connectivity index (χ1) is 7.80. The summed E-state index contributed by atoms with van der Waals surface area (Å²) in [4.78, 5) is 12.0. The van der Waals surface area contributed by atoms with Gasteiger partial charge < -0.3 is 5.32 Å². The van der Waals surface area contributed by atoms with Gasteiger partial charge in [0.15, 0.2) is 0 Å². The fourth-order valence-corrected chi connectivity index (χ4v) is 2.18. The first-order valence-electron chi connectivity index (χ1n) is 7.11. The summed E-state index contributed by atoms with van der Waals surface area (Å²) in [5, 5.41) is 3.28. The molecule has 1 aliphatic carbocycles. The molecule has 1 saturated carbocycles. The van der Waals surface area contributed by atoms with E-state index in [1.807, 2.05) is 0 Å². The Hall–Kier alpha value is -0.530. The van der Waals surface area contributed by atoms with Crippen molar-refractivity contribution >= 4 is 5.91 Å². The Kier molecular flexibility index (Phi) is 5.03. The largest absolute Gasteiger partial charge is 0.353 e. The van der Waals surface area contributed by atoms with Gasteiger partial charge in [0.05, 0.1) is 0 Å². The predicted octanol–water partition coefficient (Wildman–Crippen LogP) is 3.75. The molecule has 0 aromatic rings. The first-order valence-corrected chi connectivity index (χ1v) is 7.11. The van der Waals surface area contributed by atoms with Crippen molar-refractivity contribution in [2.24, 2.45) is 17.3 Å². The predicted molar refractivity (Wildman–Crippen MR) is 72.8 cm³/mol. The molecular formula is C15H29NO. The van der Waals surface area contributed by atoms with Gasteiger partial charge in [-0.15, -0.1) is 0 Å². The Morgan fingerprint density at radius 2 is 1.82 bits per heavy atom. The maximum Gasteiger partial charge on any atom is 0.223 e. The minimum absolute atomic E-state index is 0.161. The first kappa shape index (κ1) is 14.5. The third kappa shape index (κ3) is 4.69. The topological polar surface area (TPSA) is 29.1 Å². The second-order valence-corrected chi connectivity index (χ2v) is 7.03. The Morgan fingerprint density at radius 1 is 1.24 bits per heavy atom. The zero-order valence-corrected chi connectivity index (χ0v) is 12.2. The van der Waals surface area contributed by atoms with Gasteiger partial charge in [-0.25, -0.2) is 0 Å². The molecule has 100 valence electrons. The van der Waals surface area contributed by atoms with Crippen LogP contribution in [-0.2, 0) is 4.79 Å². The highest BCUT2D eigenvalue weighted by Gasteiger charge is 2.31. The van der Waals surface area contributed by atoms with Crippen LogP contribution in [0.25, 0.3) is 0 Å². The van der Waals surface area contributed by atoms with Gasteiger partial charge in [-0.05, 0) is 37.0 Å². The molecule has 1 amide bonds. The number of hydrogen-bond donors (Lipinski definition) is 1. The fraction of sp³-hybridized carbons (Fsp3) is 0.933. The molecule has 0 heterocycles. The van der Waals surface area contributed by atoms with Crippen LogP contribution < -0.4 is 5.32 Å². The van der Waals surface area contributed by atoms with Gasteiger partial charge in [-0.1, -0.05) is 41.0 Å². The summed E-state index contributed by atoms with van der Waals surface area (Å²) in [5.41, 5.74) is 0.161. The smallest absolute Gasteiger partial charge is 0.223 e. The van der Waals surface area contributed by atoms with Gasteiger partial charge in [-0.2, -0.15) is 0 Å². The van der Waals surface area contributed by atoms with Crippen molar-refractivity contribution in [3.63, 3.8) is 0 Å². The third-order valence-corrected chi connectivity index (χ3v) is 3.87. The van der Waals surface area contributed by atoms with Crippen LogP contribution >= 0.6 is 0 Å². The zero-order chi connectivity index (χ0) is 13.1. The lowest BCUT2D eigenvalue weighted by atomic mass is 9.80. The molecule has 2 heteroatoms. The molecule has 0 spiro atoms. The number of amides is 1. The van der Waals surface area contributed by atoms with E-state index in [4.69, 9.17) is 0 Å². The molecule has 1 aliphatic rings. The van der Waals surface area contributed by atoms with Crippen molar-refractivity contribution in [2.75, 3.05) is 0 Å². The quantitative estimate of drug-likeness (QED) is 0.777. The van der Waals surface area contributed by atoms with Gasteiger partial charge in [0.25, 0.3) is 0 Å². The molecule has 0 aromatic carbocycles. The van der Waals surface area contributed by atoms with E-state index < -0.39 is 0 Å². The Labute approximate surface area is 107 Å². The van der Waals surface area contributed by atoms with Crippen molar-refractivity contribution in [2.45, 2.75) is 72.8 Å². The number of carbonyl (C=O) groups is 1. The maximum atomic E-state index is 12.0. The average Bonchev–Trinajstić information content (AvgIpc) is 2.06. The van der Waals surface area contributed by atoms with Crippen LogP contribution in [0.3, 0.4) is 0 Å². The molecule has 1 atom stereocenters. The summed E-state index contributed by atoms with van der Waals surface area (Å²) >= 11 is 0. The molecule has 1 fully saturated rings. The second-order valence-electron chi connectivity index (χ2n) is 7.03. The molecule has 2 nitrogen and oxygen atoms in total. The highest BCUT2D eigenvalue weighted by Crippen LogP contribution is 2.29. The molecule has 0 aromatic heterocycles. The van der Waals surface area contributed by atoms with Crippen LogP contribution in [0.5, 0.6) is 0 Å². The molecule has 1 unspecified atom stereocenters. The van der Waals surface area contributed by atoms with Gasteiger partial charge >= 0.3 is 0 Å². The Morgan fingerprint density at radius 3 is 2.18 bits per heavy atom. The van der Waals surface area contributed by atoms with E-state index in [1.165, 1.54) is 12.8 Å². The van der Waals surface area contributed by atoms with E-state index >= 15 is 0 Å². The molecule has 17 heavy (non-hydrogen) atoms. The van der Waals surface area contributed by atoms with Crippen LogP contribution in [0.15, 0.2) is 0 Å². The molecule has 0 radical (unpaired) electrons. The zero-order valence-electron chi connectivity index (χ0n) is 12.2. The van der Waals surface area contributed by atoms with Crippen molar-refractivity contribution in [1.82, 2.24) is 5.32 Å². The molecule has 0 bridgehead atoms. The van der Waals surface area contributed by atoms with E-state index in [-0.39, 0.29) is 5.41 Å². The molecule has 1 rings (SSSR count). The number of nitrogens with one attached hydrogen (secondary N) is 1. The highest BCUT2D eigenvalue weighted by molar-refractivity contribution is 5.79. The second kappa shape index (κ2) is 5.88. The van der Waals surface area contributed by atoms with Crippen molar-refractivity contribution in [3.8, 4) is 0 Å². The number of rotatable bonds is 5. The summed E-state index contributed by atoms with van der Waals surface area (Å²) in [6.07, 6.45) is 5.69. The van der Waals surface area contributed by atoms with Gasteiger partial charge in [0, 0.05) is 12.0 Å². The molecule has 0 saturated heterocycles. The summed E-state index contributed by atoms with van der Waals surface area (Å²) in [6.45, 7) is 11.2. The standard InChI is InChI=1S/C15H29NO/c1-11(2)9-10-13(15(3,4)5)16-14(17)12-7-6-8-12/h11-13H,6-10H2,1-5H3,(H,16,17). The van der Waals surface area contributed by atoms with Crippen LogP contribution in [-0.4, -0.2) is 11.9 Å². The Balaban J connectivity index is 2.47. The van der Waals surface area contributed by atoms with Gasteiger partial charge in [0.1, 0.15) is 0 Å². The Bertz CT molecular complexity index is 248. The minimum Gasteiger partial charge on any atom is -0.353 e. The normalized spacial score (nSPS) is 18.9. The van der Waals surface area contributed by atoms with Gasteiger partial charge in [0.2, 0.25) is 5.91 Å². The highest BCUT2D eigenvalue weighted by atomic mass is 16.2. The van der Waals surface area contributed by atoms with E-state index in [1.54, 1.807) is 0 Å². The SMILES string of the molecule is CC(C)CCC(NC(=O)C1CCC1)C(C)(C)C. The van der Waals surface area contributed by atoms with Crippen molar-refractivity contribution in [3.05, 3.63) is 0 Å². The van der Waals surface area contributed by atoms with E-state index in [0.29, 0.717) is 23.8 Å². The number of hydrogen-bond acceptors (Lipinski definition) is 1. The van der Waals surface area contributed by atoms with Crippen molar-refractivity contribution in [1.29, 1.82) is 0 Å². The van der Waals surface area contributed by atoms with Crippen molar-refractivity contribution < 1.29 is 4.79 Å². The molecule has 0 aliphatic heterocycles. The van der Waals surface area contributed by atoms with E-state index in [0.717, 1.165) is 19.3 Å². The monoisotopic (exact) mass is 239 g/mol. The van der Waals surface area contributed by atoms with Crippen LogP contribution in [0.1, 0.15) is 66.7 Å². The summed E-state index contributed by atoms with van der Waals surface area (Å²) < 4.78 is 0. The average molecular weight is 239 g/mol. The van der Waals surface area contributed by atoms with Crippen LogP contribution in [0.4, 0.5) is 0 Å². The summed E-state index contributed by atoms with van der Waals surface area (Å²) in [6, 6.07) is 0.318. The van der Waals surface area contributed by atoms with Crippen LogP contribution in [0.2, 0.25) is 0 Å².